The van der Waals surface area contributed by atoms with E-state index in [1.54, 1.807) is 43.3 Å². The zero-order valence-corrected chi connectivity index (χ0v) is 22.1. The number of carbonyl (C=O) groups excluding carboxylic acids is 2. The van der Waals surface area contributed by atoms with Crippen molar-refractivity contribution in [1.29, 1.82) is 0 Å². The Morgan fingerprint density at radius 1 is 1.02 bits per heavy atom. The summed E-state index contributed by atoms with van der Waals surface area (Å²) in [6, 6.07) is 13.7. The molecule has 1 aliphatic carbocycles. The van der Waals surface area contributed by atoms with Crippen LogP contribution in [-0.2, 0) is 0 Å². The Hall–Kier alpha value is -4.85. The minimum absolute atomic E-state index is 0.111. The predicted octanol–water partition coefficient (Wildman–Crippen LogP) is 6.75. The van der Waals surface area contributed by atoms with Crippen LogP contribution in [0.2, 0.25) is 0 Å². The lowest BCUT2D eigenvalue weighted by atomic mass is 9.94. The number of benzene rings is 3. The van der Waals surface area contributed by atoms with Crippen LogP contribution in [0.3, 0.4) is 0 Å². The molecule has 4 aromatic rings. The standard InChI is InChI=1S/C32H27F2N3O3/c1-5-6-25(35-3)32(15-16-32)37-30(38)22-13-7-18(2)26(28(22)34)20-10-14-24-23(17-20)27(31(39)36-4)29(40-24)19-8-11-21(33)12-9-19/h5-14,17H,1,3,15-16H2,2,4H3,(H,36,39)(H,37,38)/b25-6-. The number of furan rings is 1. The predicted molar refractivity (Wildman–Crippen MR) is 152 cm³/mol. The lowest BCUT2D eigenvalue weighted by Gasteiger charge is -2.19. The van der Waals surface area contributed by atoms with E-state index in [1.807, 2.05) is 0 Å². The molecule has 2 N–H and O–H groups in total. The topological polar surface area (TPSA) is 83.7 Å². The fourth-order valence-electron chi connectivity index (χ4n) is 4.94. The summed E-state index contributed by atoms with van der Waals surface area (Å²) < 4.78 is 35.6. The summed E-state index contributed by atoms with van der Waals surface area (Å²) in [7, 11) is 1.50. The van der Waals surface area contributed by atoms with Crippen LogP contribution >= 0.6 is 0 Å². The number of nitrogens with zero attached hydrogens (tertiary/aromatic N) is 1. The van der Waals surface area contributed by atoms with Crippen LogP contribution in [0.25, 0.3) is 33.4 Å². The van der Waals surface area contributed by atoms with Gasteiger partial charge in [0.25, 0.3) is 11.8 Å². The van der Waals surface area contributed by atoms with Crippen molar-refractivity contribution in [3.8, 4) is 22.5 Å². The van der Waals surface area contributed by atoms with Crippen molar-refractivity contribution in [2.24, 2.45) is 4.99 Å². The molecule has 3 aromatic carbocycles. The second kappa shape index (κ2) is 10.4. The molecule has 6 nitrogen and oxygen atoms in total. The minimum atomic E-state index is -0.695. The van der Waals surface area contributed by atoms with Gasteiger partial charge in [0.15, 0.2) is 0 Å². The number of allylic oxidation sites excluding steroid dienone is 2. The van der Waals surface area contributed by atoms with Crippen molar-refractivity contribution in [1.82, 2.24) is 10.6 Å². The van der Waals surface area contributed by atoms with Crippen LogP contribution in [0.4, 0.5) is 8.78 Å². The molecule has 0 radical (unpaired) electrons. The molecular weight excluding hydrogens is 512 g/mol. The number of fused-ring (bicyclic) bond motifs is 1. The van der Waals surface area contributed by atoms with Crippen molar-refractivity contribution in [3.05, 3.63) is 107 Å². The van der Waals surface area contributed by atoms with Gasteiger partial charge in [-0.2, -0.15) is 0 Å². The Bertz CT molecular complexity index is 1710. The van der Waals surface area contributed by atoms with Crippen LogP contribution < -0.4 is 10.6 Å². The number of aliphatic imine (C=N–C) groups is 1. The van der Waals surface area contributed by atoms with Gasteiger partial charge in [0, 0.05) is 23.6 Å². The average molecular weight is 540 g/mol. The van der Waals surface area contributed by atoms with Crippen molar-refractivity contribution in [2.75, 3.05) is 7.05 Å². The highest BCUT2D eigenvalue weighted by Gasteiger charge is 2.47. The van der Waals surface area contributed by atoms with Gasteiger partial charge in [0.1, 0.15) is 23.0 Å². The summed E-state index contributed by atoms with van der Waals surface area (Å²) in [5.41, 5.74) is 2.25. The molecule has 5 rings (SSSR count). The lowest BCUT2D eigenvalue weighted by Crippen LogP contribution is -2.38. The fraction of sp³-hybridized carbons (Fsp3) is 0.156. The first-order valence-electron chi connectivity index (χ1n) is 12.7. The number of hydrogen-bond donors (Lipinski definition) is 2. The number of halogens is 2. The van der Waals surface area contributed by atoms with Gasteiger partial charge in [-0.3, -0.25) is 14.6 Å². The van der Waals surface area contributed by atoms with Gasteiger partial charge in [0.05, 0.1) is 22.4 Å². The highest BCUT2D eigenvalue weighted by Crippen LogP contribution is 2.43. The number of carbonyl (C=O) groups is 2. The molecule has 1 aromatic heterocycles. The highest BCUT2D eigenvalue weighted by atomic mass is 19.1. The molecule has 0 spiro atoms. The number of hydrogen-bond acceptors (Lipinski definition) is 4. The molecule has 1 aliphatic rings. The minimum Gasteiger partial charge on any atom is -0.455 e. The van der Waals surface area contributed by atoms with Crippen molar-refractivity contribution >= 4 is 29.5 Å². The molecule has 0 unspecified atom stereocenters. The largest absolute Gasteiger partial charge is 0.455 e. The third-order valence-electron chi connectivity index (χ3n) is 7.17. The number of aryl methyl sites for hydroxylation is 1. The Kier molecular flexibility index (Phi) is 6.94. The van der Waals surface area contributed by atoms with Gasteiger partial charge in [0.2, 0.25) is 0 Å². The maximum absolute atomic E-state index is 16.1. The van der Waals surface area contributed by atoms with Crippen LogP contribution in [0.5, 0.6) is 0 Å². The molecule has 1 saturated carbocycles. The van der Waals surface area contributed by atoms with Crippen LogP contribution in [0.1, 0.15) is 39.1 Å². The lowest BCUT2D eigenvalue weighted by molar-refractivity contribution is 0.0932. The van der Waals surface area contributed by atoms with Crippen LogP contribution in [-0.4, -0.2) is 31.1 Å². The summed E-state index contributed by atoms with van der Waals surface area (Å²) in [5.74, 6) is -1.80. The highest BCUT2D eigenvalue weighted by molar-refractivity contribution is 6.12. The van der Waals surface area contributed by atoms with E-state index in [1.165, 1.54) is 37.4 Å². The van der Waals surface area contributed by atoms with Gasteiger partial charge in [-0.15, -0.1) is 0 Å². The van der Waals surface area contributed by atoms with Crippen molar-refractivity contribution in [3.63, 3.8) is 0 Å². The van der Waals surface area contributed by atoms with E-state index >= 15 is 4.39 Å². The normalized spacial score (nSPS) is 14.1. The van der Waals surface area contributed by atoms with E-state index in [0.29, 0.717) is 46.2 Å². The molecule has 40 heavy (non-hydrogen) atoms. The molecule has 1 heterocycles. The number of nitrogens with one attached hydrogen (secondary N) is 2. The fourth-order valence-corrected chi connectivity index (χ4v) is 4.94. The van der Waals surface area contributed by atoms with Gasteiger partial charge in [-0.1, -0.05) is 24.8 Å². The molecule has 0 saturated heterocycles. The van der Waals surface area contributed by atoms with E-state index in [4.69, 9.17) is 4.42 Å². The third kappa shape index (κ3) is 4.62. The zero-order valence-electron chi connectivity index (χ0n) is 22.1. The first kappa shape index (κ1) is 26.7. The van der Waals surface area contributed by atoms with Gasteiger partial charge >= 0.3 is 0 Å². The second-order valence-corrected chi connectivity index (χ2v) is 9.70. The monoisotopic (exact) mass is 539 g/mol. The SMILES string of the molecule is C=C/C=C(\N=C)C1(NC(=O)c2ccc(C)c(-c3ccc4oc(-c5ccc(F)cc5)c(C(=O)NC)c4c3)c2F)CC1. The molecule has 0 aliphatic heterocycles. The maximum Gasteiger partial charge on any atom is 0.255 e. The Labute approximate surface area is 230 Å². The summed E-state index contributed by atoms with van der Waals surface area (Å²) in [6.07, 6.45) is 4.57. The Morgan fingerprint density at radius 3 is 2.35 bits per heavy atom. The molecule has 1 fully saturated rings. The maximum atomic E-state index is 16.1. The molecule has 8 heteroatoms. The van der Waals surface area contributed by atoms with Gasteiger partial charge in [-0.25, -0.2) is 8.78 Å². The molecule has 0 atom stereocenters. The van der Waals surface area contributed by atoms with E-state index in [-0.39, 0.29) is 22.5 Å². The van der Waals surface area contributed by atoms with Crippen molar-refractivity contribution in [2.45, 2.75) is 25.3 Å². The third-order valence-corrected chi connectivity index (χ3v) is 7.17. The summed E-state index contributed by atoms with van der Waals surface area (Å²) in [4.78, 5) is 30.2. The first-order valence-corrected chi connectivity index (χ1v) is 12.7. The summed E-state index contributed by atoms with van der Waals surface area (Å²) in [5, 5.41) is 5.99. The van der Waals surface area contributed by atoms with Crippen LogP contribution in [0.15, 0.2) is 88.4 Å². The van der Waals surface area contributed by atoms with E-state index in [0.717, 1.165) is 0 Å². The molecule has 0 bridgehead atoms. The van der Waals surface area contributed by atoms with E-state index < -0.39 is 29.0 Å². The number of rotatable bonds is 8. The second-order valence-electron chi connectivity index (χ2n) is 9.70. The first-order chi connectivity index (χ1) is 19.2. The van der Waals surface area contributed by atoms with Gasteiger partial charge < -0.3 is 15.1 Å². The Balaban J connectivity index is 1.59. The van der Waals surface area contributed by atoms with E-state index in [9.17, 15) is 14.0 Å². The average Bonchev–Trinajstić information content (AvgIpc) is 3.62. The molecule has 2 amide bonds. The molecule has 202 valence electrons. The zero-order chi connectivity index (χ0) is 28.6. The van der Waals surface area contributed by atoms with Crippen molar-refractivity contribution < 1.29 is 22.8 Å². The Morgan fingerprint density at radius 2 is 1.73 bits per heavy atom. The smallest absolute Gasteiger partial charge is 0.255 e. The van der Waals surface area contributed by atoms with Crippen LogP contribution in [0, 0.1) is 18.6 Å². The summed E-state index contributed by atoms with van der Waals surface area (Å²) >= 11 is 0. The van der Waals surface area contributed by atoms with Gasteiger partial charge in [-0.05, 0) is 86.2 Å². The van der Waals surface area contributed by atoms with E-state index in [2.05, 4.69) is 28.9 Å². The summed E-state index contributed by atoms with van der Waals surface area (Å²) in [6.45, 7) is 9.01. The quantitative estimate of drug-likeness (QED) is 0.192. The number of amides is 2. The molecular formula is C32H27F2N3O3.